The Hall–Kier alpha value is -1.53. The molecule has 0 bridgehead atoms. The average Bonchev–Trinajstić information content (AvgIpc) is 3.00. The number of amides is 1. The Kier molecular flexibility index (Phi) is 7.32. The molecule has 136 valence electrons. The van der Waals surface area contributed by atoms with Gasteiger partial charge in [-0.1, -0.05) is 51.1 Å². The van der Waals surface area contributed by atoms with Gasteiger partial charge >= 0.3 is 0 Å². The molecule has 0 fully saturated rings. The molecular formula is C18H25ClN4OS. The number of rotatable bonds is 8. The van der Waals surface area contributed by atoms with Crippen LogP contribution in [-0.2, 0) is 4.79 Å². The van der Waals surface area contributed by atoms with Crippen LogP contribution in [-0.4, -0.2) is 44.8 Å². The summed E-state index contributed by atoms with van der Waals surface area (Å²) in [6.45, 7) is 10.1. The van der Waals surface area contributed by atoms with E-state index in [1.165, 1.54) is 11.8 Å². The Morgan fingerprint density at radius 2 is 1.76 bits per heavy atom. The Labute approximate surface area is 158 Å². The Bertz CT molecular complexity index is 675. The summed E-state index contributed by atoms with van der Waals surface area (Å²) in [4.78, 5) is 18.9. The van der Waals surface area contributed by atoms with Gasteiger partial charge in [0.2, 0.25) is 11.1 Å². The molecule has 7 heteroatoms. The van der Waals surface area contributed by atoms with Crippen molar-refractivity contribution in [1.29, 1.82) is 0 Å². The molecule has 1 amide bonds. The van der Waals surface area contributed by atoms with Crippen LogP contribution in [0.4, 0.5) is 0 Å². The van der Waals surface area contributed by atoms with Crippen molar-refractivity contribution in [2.75, 3.05) is 18.8 Å². The van der Waals surface area contributed by atoms with Crippen LogP contribution in [0.2, 0.25) is 5.02 Å². The molecule has 0 unspecified atom stereocenters. The largest absolute Gasteiger partial charge is 0.341 e. The van der Waals surface area contributed by atoms with Crippen molar-refractivity contribution in [3.05, 3.63) is 29.3 Å². The molecule has 0 atom stereocenters. The molecule has 1 aromatic heterocycles. The van der Waals surface area contributed by atoms with Crippen molar-refractivity contribution in [2.24, 2.45) is 11.8 Å². The predicted molar refractivity (Wildman–Crippen MR) is 104 cm³/mol. The first kappa shape index (κ1) is 19.8. The Morgan fingerprint density at radius 3 is 2.32 bits per heavy atom. The second kappa shape index (κ2) is 9.25. The van der Waals surface area contributed by atoms with Crippen molar-refractivity contribution in [2.45, 2.75) is 32.9 Å². The van der Waals surface area contributed by atoms with E-state index in [0.29, 0.717) is 33.6 Å². The maximum absolute atomic E-state index is 12.5. The van der Waals surface area contributed by atoms with Crippen LogP contribution in [0.25, 0.3) is 11.4 Å². The van der Waals surface area contributed by atoms with Crippen molar-refractivity contribution >= 4 is 29.3 Å². The van der Waals surface area contributed by atoms with E-state index in [0.717, 1.165) is 18.7 Å². The molecule has 0 spiro atoms. The maximum Gasteiger partial charge on any atom is 0.233 e. The number of thioether (sulfide) groups is 1. The average molecular weight is 381 g/mol. The number of hydrogen-bond donors (Lipinski definition) is 1. The lowest BCUT2D eigenvalue weighted by atomic mass is 10.1. The normalized spacial score (nSPS) is 11.3. The zero-order valence-electron chi connectivity index (χ0n) is 15.1. The van der Waals surface area contributed by atoms with E-state index >= 15 is 0 Å². The first-order valence-corrected chi connectivity index (χ1v) is 9.80. The summed E-state index contributed by atoms with van der Waals surface area (Å²) in [6, 6.07) is 7.39. The Morgan fingerprint density at radius 1 is 1.16 bits per heavy atom. The van der Waals surface area contributed by atoms with Gasteiger partial charge in [-0.05, 0) is 36.1 Å². The monoisotopic (exact) mass is 380 g/mol. The first-order valence-electron chi connectivity index (χ1n) is 8.44. The quantitative estimate of drug-likeness (QED) is 0.691. The molecule has 2 rings (SSSR count). The highest BCUT2D eigenvalue weighted by Gasteiger charge is 2.17. The smallest absolute Gasteiger partial charge is 0.233 e. The molecular weight excluding hydrogens is 356 g/mol. The SMILES string of the molecule is CC(C)CN(CC(C)C)C(=O)CSc1n[nH]c(-c2ccc(Cl)cc2)n1. The summed E-state index contributed by atoms with van der Waals surface area (Å²) in [7, 11) is 0. The lowest BCUT2D eigenvalue weighted by Gasteiger charge is -2.26. The van der Waals surface area contributed by atoms with E-state index in [9.17, 15) is 4.79 Å². The van der Waals surface area contributed by atoms with Gasteiger partial charge in [0.05, 0.1) is 5.75 Å². The zero-order valence-corrected chi connectivity index (χ0v) is 16.7. The van der Waals surface area contributed by atoms with E-state index in [-0.39, 0.29) is 5.91 Å². The number of benzene rings is 1. The Balaban J connectivity index is 1.95. The van der Waals surface area contributed by atoms with Crippen LogP contribution >= 0.6 is 23.4 Å². The van der Waals surface area contributed by atoms with Crippen LogP contribution in [0.3, 0.4) is 0 Å². The van der Waals surface area contributed by atoms with Crippen molar-refractivity contribution < 1.29 is 4.79 Å². The van der Waals surface area contributed by atoms with E-state index in [2.05, 4.69) is 42.9 Å². The van der Waals surface area contributed by atoms with Crippen LogP contribution in [0.5, 0.6) is 0 Å². The standard InChI is InChI=1S/C18H25ClN4OS/c1-12(2)9-23(10-13(3)4)16(24)11-25-18-20-17(21-22-18)14-5-7-15(19)8-6-14/h5-8,12-13H,9-11H2,1-4H3,(H,20,21,22). The van der Waals surface area contributed by atoms with Gasteiger partial charge < -0.3 is 4.90 Å². The molecule has 25 heavy (non-hydrogen) atoms. The lowest BCUT2D eigenvalue weighted by Crippen LogP contribution is -2.38. The minimum atomic E-state index is 0.130. The van der Waals surface area contributed by atoms with Crippen LogP contribution in [0.15, 0.2) is 29.4 Å². The van der Waals surface area contributed by atoms with Gasteiger partial charge in [-0.15, -0.1) is 5.10 Å². The number of halogens is 1. The molecule has 5 nitrogen and oxygen atoms in total. The van der Waals surface area contributed by atoms with Gasteiger partial charge in [0, 0.05) is 23.7 Å². The minimum Gasteiger partial charge on any atom is -0.341 e. The summed E-state index contributed by atoms with van der Waals surface area (Å²) in [5, 5.41) is 8.36. The lowest BCUT2D eigenvalue weighted by molar-refractivity contribution is -0.129. The van der Waals surface area contributed by atoms with Gasteiger partial charge in [-0.3, -0.25) is 9.89 Å². The van der Waals surface area contributed by atoms with E-state index < -0.39 is 0 Å². The van der Waals surface area contributed by atoms with Crippen molar-refractivity contribution in [1.82, 2.24) is 20.1 Å². The van der Waals surface area contributed by atoms with Crippen molar-refractivity contribution in [3.63, 3.8) is 0 Å². The molecule has 2 aromatic rings. The molecule has 0 aliphatic rings. The summed E-state index contributed by atoms with van der Waals surface area (Å²) >= 11 is 7.26. The fraction of sp³-hybridized carbons (Fsp3) is 0.500. The number of aromatic amines is 1. The first-order chi connectivity index (χ1) is 11.8. The molecule has 1 aromatic carbocycles. The fourth-order valence-electron chi connectivity index (χ4n) is 2.43. The number of carbonyl (C=O) groups is 1. The van der Waals surface area contributed by atoms with Gasteiger partial charge in [-0.25, -0.2) is 4.98 Å². The molecule has 0 aliphatic carbocycles. The van der Waals surface area contributed by atoms with Crippen LogP contribution in [0.1, 0.15) is 27.7 Å². The van der Waals surface area contributed by atoms with Crippen molar-refractivity contribution in [3.8, 4) is 11.4 Å². The number of carbonyl (C=O) groups excluding carboxylic acids is 1. The third-order valence-corrected chi connectivity index (χ3v) is 4.52. The van der Waals surface area contributed by atoms with Gasteiger partial charge in [-0.2, -0.15) is 0 Å². The molecule has 0 aliphatic heterocycles. The molecule has 0 saturated carbocycles. The number of hydrogen-bond acceptors (Lipinski definition) is 4. The third kappa shape index (κ3) is 6.36. The summed E-state index contributed by atoms with van der Waals surface area (Å²) in [5.74, 6) is 2.05. The maximum atomic E-state index is 12.5. The molecule has 1 heterocycles. The summed E-state index contributed by atoms with van der Waals surface area (Å²) in [5.41, 5.74) is 0.913. The predicted octanol–water partition coefficient (Wildman–Crippen LogP) is 4.36. The zero-order chi connectivity index (χ0) is 18.4. The summed E-state index contributed by atoms with van der Waals surface area (Å²) < 4.78 is 0. The van der Waals surface area contributed by atoms with Crippen LogP contribution in [0, 0.1) is 11.8 Å². The number of nitrogens with one attached hydrogen (secondary N) is 1. The topological polar surface area (TPSA) is 61.9 Å². The second-order valence-corrected chi connectivity index (χ2v) is 8.23. The number of aromatic nitrogens is 3. The minimum absolute atomic E-state index is 0.130. The third-order valence-electron chi connectivity index (χ3n) is 3.43. The molecule has 1 N–H and O–H groups in total. The second-order valence-electron chi connectivity index (χ2n) is 6.85. The van der Waals surface area contributed by atoms with Gasteiger partial charge in [0.15, 0.2) is 5.82 Å². The highest BCUT2D eigenvalue weighted by Crippen LogP contribution is 2.21. The fourth-order valence-corrected chi connectivity index (χ4v) is 3.25. The van der Waals surface area contributed by atoms with Gasteiger partial charge in [0.25, 0.3) is 0 Å². The van der Waals surface area contributed by atoms with E-state index in [1.54, 1.807) is 0 Å². The highest BCUT2D eigenvalue weighted by molar-refractivity contribution is 7.99. The summed E-state index contributed by atoms with van der Waals surface area (Å²) in [6.07, 6.45) is 0. The molecule has 0 radical (unpaired) electrons. The number of H-pyrrole nitrogens is 1. The van der Waals surface area contributed by atoms with Gasteiger partial charge in [0.1, 0.15) is 0 Å². The molecule has 0 saturated heterocycles. The van der Waals surface area contributed by atoms with E-state index in [4.69, 9.17) is 11.6 Å². The van der Waals surface area contributed by atoms with E-state index in [1.807, 2.05) is 29.2 Å². The highest BCUT2D eigenvalue weighted by atomic mass is 35.5. The number of nitrogens with zero attached hydrogens (tertiary/aromatic N) is 3. The van der Waals surface area contributed by atoms with Crippen LogP contribution < -0.4 is 0 Å².